The third kappa shape index (κ3) is 2.90. The van der Waals surface area contributed by atoms with Crippen LogP contribution in [0.25, 0.3) is 10.9 Å². The number of nitrogens with one attached hydrogen (secondary N) is 1. The van der Waals surface area contributed by atoms with Crippen LogP contribution in [0.4, 0.5) is 10.1 Å². The van der Waals surface area contributed by atoms with Gasteiger partial charge in [0.1, 0.15) is 5.82 Å². The lowest BCUT2D eigenvalue weighted by Gasteiger charge is -2.07. The number of carbonyl (C=O) groups is 1. The van der Waals surface area contributed by atoms with Crippen LogP contribution in [0, 0.1) is 5.82 Å². The van der Waals surface area contributed by atoms with Gasteiger partial charge in [-0.1, -0.05) is 18.2 Å². The molecule has 3 rings (SSSR count). The van der Waals surface area contributed by atoms with Crippen molar-refractivity contribution in [3.63, 3.8) is 0 Å². The largest absolute Gasteiger partial charge is 0.350 e. The van der Waals surface area contributed by atoms with Crippen LogP contribution in [0.1, 0.15) is 5.56 Å². The molecule has 0 saturated heterocycles. The number of hydrogen-bond donors (Lipinski definition) is 1. The normalized spacial score (nSPS) is 10.9. The van der Waals surface area contributed by atoms with Crippen LogP contribution >= 0.6 is 15.9 Å². The van der Waals surface area contributed by atoms with E-state index in [0.717, 1.165) is 16.5 Å². The molecule has 0 aliphatic carbocycles. The average molecular weight is 361 g/mol. The van der Waals surface area contributed by atoms with Gasteiger partial charge in [-0.05, 0) is 45.8 Å². The number of aromatic nitrogens is 1. The standard InChI is InChI=1S/C17H14BrFN2O/c1-21-10-11(13-4-2-3-5-16(13)21)8-17(22)20-15-7-6-12(19)9-14(15)18/h2-7,9-10H,8H2,1H3,(H,20,22). The molecule has 0 radical (unpaired) electrons. The number of aryl methyl sites for hydroxylation is 1. The number of rotatable bonds is 3. The molecule has 22 heavy (non-hydrogen) atoms. The molecule has 1 N–H and O–H groups in total. The fraction of sp³-hybridized carbons (Fsp3) is 0.118. The molecule has 0 bridgehead atoms. The lowest BCUT2D eigenvalue weighted by molar-refractivity contribution is -0.115. The number of amides is 1. The number of para-hydroxylation sites is 1. The van der Waals surface area contributed by atoms with E-state index in [9.17, 15) is 9.18 Å². The molecule has 1 aromatic heterocycles. The minimum atomic E-state index is -0.348. The summed E-state index contributed by atoms with van der Waals surface area (Å²) < 4.78 is 15.6. The van der Waals surface area contributed by atoms with Crippen molar-refractivity contribution >= 4 is 38.4 Å². The van der Waals surface area contributed by atoms with E-state index in [1.807, 2.05) is 42.1 Å². The predicted molar refractivity (Wildman–Crippen MR) is 89.4 cm³/mol. The number of hydrogen-bond acceptors (Lipinski definition) is 1. The van der Waals surface area contributed by atoms with Crippen LogP contribution in [0.15, 0.2) is 53.1 Å². The summed E-state index contributed by atoms with van der Waals surface area (Å²) in [6, 6.07) is 12.1. The number of nitrogens with zero attached hydrogens (tertiary/aromatic N) is 1. The van der Waals surface area contributed by atoms with Gasteiger partial charge >= 0.3 is 0 Å². The third-order valence-electron chi connectivity index (χ3n) is 3.54. The zero-order valence-corrected chi connectivity index (χ0v) is 13.5. The van der Waals surface area contributed by atoms with Crippen LogP contribution in [-0.2, 0) is 18.3 Å². The summed E-state index contributed by atoms with van der Waals surface area (Å²) in [5.74, 6) is -0.484. The van der Waals surface area contributed by atoms with Crippen molar-refractivity contribution in [3.8, 4) is 0 Å². The topological polar surface area (TPSA) is 34.0 Å². The van der Waals surface area contributed by atoms with E-state index in [1.54, 1.807) is 6.07 Å². The highest BCUT2D eigenvalue weighted by atomic mass is 79.9. The Morgan fingerprint density at radius 1 is 1.27 bits per heavy atom. The fourth-order valence-corrected chi connectivity index (χ4v) is 2.97. The molecule has 1 amide bonds. The average Bonchev–Trinajstić information content (AvgIpc) is 2.79. The first-order valence-corrected chi connectivity index (χ1v) is 7.62. The monoisotopic (exact) mass is 360 g/mol. The molecule has 3 aromatic rings. The molecule has 2 aromatic carbocycles. The van der Waals surface area contributed by atoms with E-state index in [0.29, 0.717) is 10.2 Å². The maximum absolute atomic E-state index is 13.1. The molecule has 0 unspecified atom stereocenters. The second-order valence-electron chi connectivity index (χ2n) is 5.13. The van der Waals surface area contributed by atoms with Crippen molar-refractivity contribution in [1.82, 2.24) is 4.57 Å². The molecule has 0 aliphatic heterocycles. The number of carbonyl (C=O) groups excluding carboxylic acids is 1. The lowest BCUT2D eigenvalue weighted by atomic mass is 10.1. The van der Waals surface area contributed by atoms with Gasteiger partial charge in [0.25, 0.3) is 0 Å². The minimum absolute atomic E-state index is 0.135. The first-order valence-electron chi connectivity index (χ1n) is 6.82. The van der Waals surface area contributed by atoms with E-state index >= 15 is 0 Å². The van der Waals surface area contributed by atoms with Gasteiger partial charge in [0.15, 0.2) is 0 Å². The molecule has 5 heteroatoms. The van der Waals surface area contributed by atoms with Crippen molar-refractivity contribution in [2.45, 2.75) is 6.42 Å². The van der Waals surface area contributed by atoms with Crippen LogP contribution in [-0.4, -0.2) is 10.5 Å². The maximum atomic E-state index is 13.1. The highest BCUT2D eigenvalue weighted by Gasteiger charge is 2.12. The van der Waals surface area contributed by atoms with Crippen LogP contribution < -0.4 is 5.32 Å². The first kappa shape index (κ1) is 14.8. The van der Waals surface area contributed by atoms with E-state index in [1.165, 1.54) is 12.1 Å². The van der Waals surface area contributed by atoms with Crippen LogP contribution in [0.5, 0.6) is 0 Å². The molecule has 0 aliphatic rings. The molecule has 0 atom stereocenters. The Kier molecular flexibility index (Phi) is 3.98. The van der Waals surface area contributed by atoms with Crippen molar-refractivity contribution < 1.29 is 9.18 Å². The molecule has 112 valence electrons. The highest BCUT2D eigenvalue weighted by Crippen LogP contribution is 2.24. The Hall–Kier alpha value is -2.14. The Labute approximate surface area is 135 Å². The van der Waals surface area contributed by atoms with E-state index in [4.69, 9.17) is 0 Å². The number of anilines is 1. The Morgan fingerprint density at radius 3 is 2.82 bits per heavy atom. The smallest absolute Gasteiger partial charge is 0.228 e. The van der Waals surface area contributed by atoms with Crippen molar-refractivity contribution in [2.75, 3.05) is 5.32 Å². The summed E-state index contributed by atoms with van der Waals surface area (Å²) in [5.41, 5.74) is 2.62. The zero-order valence-electron chi connectivity index (χ0n) is 11.9. The molecule has 1 heterocycles. The van der Waals surface area contributed by atoms with Gasteiger partial charge in [-0.25, -0.2) is 4.39 Å². The second kappa shape index (κ2) is 5.93. The van der Waals surface area contributed by atoms with Crippen LogP contribution in [0.2, 0.25) is 0 Å². The molecule has 0 spiro atoms. The SMILES string of the molecule is Cn1cc(CC(=O)Nc2ccc(F)cc2Br)c2ccccc21. The summed E-state index contributed by atoms with van der Waals surface area (Å²) >= 11 is 3.25. The van der Waals surface area contributed by atoms with Gasteiger partial charge in [0.2, 0.25) is 5.91 Å². The van der Waals surface area contributed by atoms with E-state index in [-0.39, 0.29) is 18.1 Å². The van der Waals surface area contributed by atoms with Crippen molar-refractivity contribution in [3.05, 3.63) is 64.5 Å². The Balaban J connectivity index is 1.81. The zero-order chi connectivity index (χ0) is 15.7. The van der Waals surface area contributed by atoms with Gasteiger partial charge in [0.05, 0.1) is 12.1 Å². The van der Waals surface area contributed by atoms with Gasteiger partial charge in [-0.2, -0.15) is 0 Å². The summed E-state index contributed by atoms with van der Waals surface area (Å²) in [4.78, 5) is 12.2. The van der Waals surface area contributed by atoms with Crippen LogP contribution in [0.3, 0.4) is 0 Å². The molecular weight excluding hydrogens is 347 g/mol. The lowest BCUT2D eigenvalue weighted by Crippen LogP contribution is -2.14. The van der Waals surface area contributed by atoms with Gasteiger partial charge < -0.3 is 9.88 Å². The number of fused-ring (bicyclic) bond motifs is 1. The minimum Gasteiger partial charge on any atom is -0.350 e. The summed E-state index contributed by atoms with van der Waals surface area (Å²) in [5, 5.41) is 3.87. The molecule has 3 nitrogen and oxygen atoms in total. The molecular formula is C17H14BrFN2O. The summed E-state index contributed by atoms with van der Waals surface area (Å²) in [6.45, 7) is 0. The Bertz CT molecular complexity index is 857. The van der Waals surface area contributed by atoms with Gasteiger partial charge in [-0.15, -0.1) is 0 Å². The van der Waals surface area contributed by atoms with E-state index < -0.39 is 0 Å². The Morgan fingerprint density at radius 2 is 2.05 bits per heavy atom. The van der Waals surface area contributed by atoms with E-state index in [2.05, 4.69) is 21.2 Å². The first-order chi connectivity index (χ1) is 10.5. The number of halogens is 2. The fourth-order valence-electron chi connectivity index (χ4n) is 2.52. The summed E-state index contributed by atoms with van der Waals surface area (Å²) in [6.07, 6.45) is 2.23. The third-order valence-corrected chi connectivity index (χ3v) is 4.19. The van der Waals surface area contributed by atoms with Gasteiger partial charge in [0, 0.05) is 28.6 Å². The quantitative estimate of drug-likeness (QED) is 0.743. The maximum Gasteiger partial charge on any atom is 0.228 e. The molecule has 0 fully saturated rings. The van der Waals surface area contributed by atoms with Crippen molar-refractivity contribution in [2.24, 2.45) is 7.05 Å². The second-order valence-corrected chi connectivity index (χ2v) is 5.99. The van der Waals surface area contributed by atoms with Gasteiger partial charge in [-0.3, -0.25) is 4.79 Å². The molecule has 0 saturated carbocycles. The summed E-state index contributed by atoms with van der Waals surface area (Å²) in [7, 11) is 1.96. The predicted octanol–water partition coefficient (Wildman–Crippen LogP) is 4.26. The highest BCUT2D eigenvalue weighted by molar-refractivity contribution is 9.10. The van der Waals surface area contributed by atoms with Crippen molar-refractivity contribution in [1.29, 1.82) is 0 Å². The number of benzene rings is 2.